The molecule has 2 aromatic rings. The van der Waals surface area contributed by atoms with Crippen LogP contribution in [0.3, 0.4) is 0 Å². The van der Waals surface area contributed by atoms with Crippen molar-refractivity contribution < 1.29 is 4.79 Å². The van der Waals surface area contributed by atoms with Crippen molar-refractivity contribution in [2.24, 2.45) is 5.10 Å². The van der Waals surface area contributed by atoms with Crippen LogP contribution < -0.4 is 10.7 Å². The molecule has 1 aromatic heterocycles. The van der Waals surface area contributed by atoms with Crippen LogP contribution in [0.5, 0.6) is 0 Å². The highest BCUT2D eigenvalue weighted by Gasteiger charge is 2.01. The standard InChI is InChI=1S/C13H12ClN5O/c14-11-6-7-12(19-17-11)18-16-9-8-15-13(20)10-4-2-1-3-5-10/h1-7,9H,8H2,(H,15,20)(H,18,19)/b16-9+. The Hall–Kier alpha value is -2.47. The minimum atomic E-state index is -0.150. The van der Waals surface area contributed by atoms with E-state index in [-0.39, 0.29) is 5.91 Å². The summed E-state index contributed by atoms with van der Waals surface area (Å²) in [5.74, 6) is 0.323. The van der Waals surface area contributed by atoms with Gasteiger partial charge in [0.1, 0.15) is 0 Å². The number of halogens is 1. The summed E-state index contributed by atoms with van der Waals surface area (Å²) in [6.07, 6.45) is 1.52. The van der Waals surface area contributed by atoms with Crippen LogP contribution in [0.4, 0.5) is 5.82 Å². The van der Waals surface area contributed by atoms with E-state index in [2.05, 4.69) is 26.0 Å². The number of hydrogen-bond donors (Lipinski definition) is 2. The first-order valence-corrected chi connectivity index (χ1v) is 6.23. The van der Waals surface area contributed by atoms with Crippen molar-refractivity contribution in [3.63, 3.8) is 0 Å². The first-order valence-electron chi connectivity index (χ1n) is 5.86. The minimum absolute atomic E-state index is 0.150. The number of hydrogen-bond acceptors (Lipinski definition) is 5. The molecule has 1 aromatic carbocycles. The van der Waals surface area contributed by atoms with Crippen molar-refractivity contribution >= 4 is 29.5 Å². The number of anilines is 1. The van der Waals surface area contributed by atoms with Crippen LogP contribution in [0.1, 0.15) is 10.4 Å². The lowest BCUT2D eigenvalue weighted by atomic mass is 10.2. The van der Waals surface area contributed by atoms with Crippen molar-refractivity contribution in [1.82, 2.24) is 15.5 Å². The molecule has 0 aliphatic carbocycles. The van der Waals surface area contributed by atoms with Gasteiger partial charge in [0.25, 0.3) is 5.91 Å². The van der Waals surface area contributed by atoms with E-state index in [0.29, 0.717) is 23.1 Å². The summed E-state index contributed by atoms with van der Waals surface area (Å²) in [7, 11) is 0. The van der Waals surface area contributed by atoms with Crippen molar-refractivity contribution in [2.45, 2.75) is 0 Å². The molecule has 0 unspecified atom stereocenters. The third-order valence-electron chi connectivity index (χ3n) is 2.29. The summed E-state index contributed by atoms with van der Waals surface area (Å²) in [4.78, 5) is 11.7. The van der Waals surface area contributed by atoms with Gasteiger partial charge >= 0.3 is 0 Å². The van der Waals surface area contributed by atoms with E-state index < -0.39 is 0 Å². The monoisotopic (exact) mass is 289 g/mol. The van der Waals surface area contributed by atoms with Gasteiger partial charge in [-0.25, -0.2) is 0 Å². The third-order valence-corrected chi connectivity index (χ3v) is 2.49. The summed E-state index contributed by atoms with van der Waals surface area (Å²) < 4.78 is 0. The number of carbonyl (C=O) groups excluding carboxylic acids is 1. The summed E-state index contributed by atoms with van der Waals surface area (Å²) in [5.41, 5.74) is 3.28. The zero-order chi connectivity index (χ0) is 14.2. The molecule has 1 heterocycles. The Labute approximate surface area is 120 Å². The molecule has 7 heteroatoms. The number of nitrogens with one attached hydrogen (secondary N) is 2. The Bertz CT molecular complexity index is 585. The van der Waals surface area contributed by atoms with Crippen LogP contribution >= 0.6 is 11.6 Å². The molecule has 0 fully saturated rings. The third kappa shape index (κ3) is 4.33. The van der Waals surface area contributed by atoms with Crippen molar-refractivity contribution in [3.05, 3.63) is 53.2 Å². The SMILES string of the molecule is O=C(NC/C=N/Nc1ccc(Cl)nn1)c1ccccc1. The quantitative estimate of drug-likeness (QED) is 0.651. The molecule has 0 bridgehead atoms. The average Bonchev–Trinajstić information content (AvgIpc) is 2.49. The zero-order valence-electron chi connectivity index (χ0n) is 10.5. The van der Waals surface area contributed by atoms with Crippen molar-refractivity contribution in [1.29, 1.82) is 0 Å². The number of benzene rings is 1. The van der Waals surface area contributed by atoms with Gasteiger partial charge in [-0.05, 0) is 24.3 Å². The lowest BCUT2D eigenvalue weighted by Gasteiger charge is -2.01. The van der Waals surface area contributed by atoms with Gasteiger partial charge in [0.15, 0.2) is 11.0 Å². The van der Waals surface area contributed by atoms with Gasteiger partial charge in [-0.15, -0.1) is 10.2 Å². The first-order chi connectivity index (χ1) is 9.75. The number of nitrogens with zero attached hydrogens (tertiary/aromatic N) is 3. The number of amides is 1. The Morgan fingerprint density at radius 1 is 1.20 bits per heavy atom. The zero-order valence-corrected chi connectivity index (χ0v) is 11.2. The van der Waals surface area contributed by atoms with Crippen LogP contribution in [0, 0.1) is 0 Å². The predicted molar refractivity (Wildman–Crippen MR) is 77.9 cm³/mol. The highest BCUT2D eigenvalue weighted by Crippen LogP contribution is 2.05. The van der Waals surface area contributed by atoms with Gasteiger partial charge < -0.3 is 5.32 Å². The molecule has 102 valence electrons. The van der Waals surface area contributed by atoms with E-state index in [1.807, 2.05) is 18.2 Å². The number of rotatable bonds is 5. The molecule has 2 N–H and O–H groups in total. The van der Waals surface area contributed by atoms with Crippen LogP contribution in [0.2, 0.25) is 5.15 Å². The Morgan fingerprint density at radius 3 is 2.70 bits per heavy atom. The van der Waals surface area contributed by atoms with E-state index in [1.165, 1.54) is 6.21 Å². The predicted octanol–water partition coefficient (Wildman–Crippen LogP) is 1.96. The lowest BCUT2D eigenvalue weighted by molar-refractivity contribution is 0.0959. The average molecular weight is 290 g/mol. The van der Waals surface area contributed by atoms with Gasteiger partial charge in [-0.1, -0.05) is 29.8 Å². The van der Waals surface area contributed by atoms with Gasteiger partial charge in [-0.3, -0.25) is 10.2 Å². The molecule has 6 nitrogen and oxygen atoms in total. The number of hydrazone groups is 1. The maximum atomic E-state index is 11.7. The Balaban J connectivity index is 1.74. The lowest BCUT2D eigenvalue weighted by Crippen LogP contribution is -2.25. The van der Waals surface area contributed by atoms with E-state index in [0.717, 1.165) is 0 Å². The molecule has 0 spiro atoms. The summed E-state index contributed by atoms with van der Waals surface area (Å²) in [6, 6.07) is 12.2. The fourth-order valence-corrected chi connectivity index (χ4v) is 1.46. The Morgan fingerprint density at radius 2 is 2.00 bits per heavy atom. The van der Waals surface area contributed by atoms with E-state index in [4.69, 9.17) is 11.6 Å². The van der Waals surface area contributed by atoms with E-state index >= 15 is 0 Å². The van der Waals surface area contributed by atoms with Gasteiger partial charge in [0.05, 0.1) is 6.54 Å². The summed E-state index contributed by atoms with van der Waals surface area (Å²) in [6.45, 7) is 0.307. The molecule has 2 rings (SSSR count). The Kier molecular flexibility index (Phi) is 5.02. The molecule has 0 saturated heterocycles. The molecular weight excluding hydrogens is 278 g/mol. The first kappa shape index (κ1) is 14.0. The largest absolute Gasteiger partial charge is 0.347 e. The molecule has 20 heavy (non-hydrogen) atoms. The summed E-state index contributed by atoms with van der Waals surface area (Å²) in [5, 5.41) is 14.3. The smallest absolute Gasteiger partial charge is 0.251 e. The van der Waals surface area contributed by atoms with Crippen LogP contribution in [0.15, 0.2) is 47.6 Å². The van der Waals surface area contributed by atoms with Crippen LogP contribution in [0.25, 0.3) is 0 Å². The van der Waals surface area contributed by atoms with Gasteiger partial charge in [0, 0.05) is 11.8 Å². The topological polar surface area (TPSA) is 79.3 Å². The highest BCUT2D eigenvalue weighted by atomic mass is 35.5. The van der Waals surface area contributed by atoms with Gasteiger partial charge in [0.2, 0.25) is 0 Å². The number of aromatic nitrogens is 2. The second kappa shape index (κ2) is 7.20. The normalized spacial score (nSPS) is 10.4. The van der Waals surface area contributed by atoms with E-state index in [9.17, 15) is 4.79 Å². The second-order valence-corrected chi connectivity index (χ2v) is 4.13. The molecule has 0 atom stereocenters. The molecule has 0 saturated carbocycles. The molecule has 0 aliphatic heterocycles. The van der Waals surface area contributed by atoms with E-state index in [1.54, 1.807) is 24.3 Å². The van der Waals surface area contributed by atoms with Crippen LogP contribution in [-0.4, -0.2) is 28.9 Å². The maximum Gasteiger partial charge on any atom is 0.251 e. The minimum Gasteiger partial charge on any atom is -0.347 e. The summed E-state index contributed by atoms with van der Waals surface area (Å²) >= 11 is 5.60. The molecular formula is C13H12ClN5O. The second-order valence-electron chi connectivity index (χ2n) is 3.74. The highest BCUT2D eigenvalue weighted by molar-refractivity contribution is 6.29. The number of carbonyl (C=O) groups is 1. The maximum absolute atomic E-state index is 11.7. The molecule has 1 amide bonds. The fourth-order valence-electron chi connectivity index (χ4n) is 1.36. The molecule has 0 radical (unpaired) electrons. The molecule has 0 aliphatic rings. The van der Waals surface area contributed by atoms with Crippen molar-refractivity contribution in [3.8, 4) is 0 Å². The fraction of sp³-hybridized carbons (Fsp3) is 0.0769. The van der Waals surface area contributed by atoms with Crippen molar-refractivity contribution in [2.75, 3.05) is 12.0 Å². The van der Waals surface area contributed by atoms with Gasteiger partial charge in [-0.2, -0.15) is 5.10 Å². The van der Waals surface area contributed by atoms with Crippen LogP contribution in [-0.2, 0) is 0 Å².